The van der Waals surface area contributed by atoms with Crippen molar-refractivity contribution >= 4 is 16.8 Å². The third-order valence-electron chi connectivity index (χ3n) is 5.25. The molecule has 3 aromatic carbocycles. The van der Waals surface area contributed by atoms with E-state index >= 15 is 0 Å². The number of benzene rings is 3. The summed E-state index contributed by atoms with van der Waals surface area (Å²) in [6, 6.07) is 15.2. The predicted molar refractivity (Wildman–Crippen MR) is 122 cm³/mol. The lowest BCUT2D eigenvalue weighted by Gasteiger charge is -2.12. The summed E-state index contributed by atoms with van der Waals surface area (Å²) in [7, 11) is 3.07. The smallest absolute Gasteiger partial charge is 0.200 e. The lowest BCUT2D eigenvalue weighted by Crippen LogP contribution is -2.12. The van der Waals surface area contributed by atoms with Gasteiger partial charge in [-0.05, 0) is 61.0 Å². The molecule has 0 atom stereocenters. The Kier molecular flexibility index (Phi) is 6.13. The Hall–Kier alpha value is -4.13. The molecule has 0 aliphatic heterocycles. The zero-order valence-electron chi connectivity index (χ0n) is 18.3. The summed E-state index contributed by atoms with van der Waals surface area (Å²) >= 11 is 0. The minimum Gasteiger partial charge on any atom is -0.493 e. The molecule has 4 aromatic rings. The van der Waals surface area contributed by atoms with E-state index in [0.29, 0.717) is 50.7 Å². The summed E-state index contributed by atoms with van der Waals surface area (Å²) in [5.41, 5.74) is 1.55. The normalized spacial score (nSPS) is 10.8. The number of carbonyl (C=O) groups excluding carboxylic acids is 1. The molecule has 0 saturated carbocycles. The molecule has 33 heavy (non-hydrogen) atoms. The van der Waals surface area contributed by atoms with E-state index < -0.39 is 5.82 Å². The minimum absolute atomic E-state index is 0.199. The van der Waals surface area contributed by atoms with Crippen molar-refractivity contribution in [3.05, 3.63) is 88.0 Å². The second-order valence-corrected chi connectivity index (χ2v) is 7.31. The first-order chi connectivity index (χ1) is 15.9. The highest BCUT2D eigenvalue weighted by molar-refractivity contribution is 5.97. The van der Waals surface area contributed by atoms with Gasteiger partial charge in [0.2, 0.25) is 5.43 Å². The van der Waals surface area contributed by atoms with Gasteiger partial charge in [0.1, 0.15) is 22.9 Å². The van der Waals surface area contributed by atoms with Crippen molar-refractivity contribution < 1.29 is 27.8 Å². The number of halogens is 1. The molecule has 4 rings (SSSR count). The number of rotatable bonds is 7. The zero-order chi connectivity index (χ0) is 23.5. The summed E-state index contributed by atoms with van der Waals surface area (Å²) in [5.74, 6) is 1.15. The van der Waals surface area contributed by atoms with E-state index in [1.54, 1.807) is 50.4 Å². The van der Waals surface area contributed by atoms with Crippen LogP contribution in [0.15, 0.2) is 69.9 Å². The molecule has 0 amide bonds. The van der Waals surface area contributed by atoms with Crippen LogP contribution in [0.2, 0.25) is 0 Å². The molecule has 0 radical (unpaired) electrons. The molecule has 1 aromatic heterocycles. The average molecular weight is 448 g/mol. The van der Waals surface area contributed by atoms with Crippen LogP contribution in [0.25, 0.3) is 22.1 Å². The van der Waals surface area contributed by atoms with Gasteiger partial charge in [-0.15, -0.1) is 0 Å². The first-order valence-electron chi connectivity index (χ1n) is 10.1. The molecule has 0 spiro atoms. The Labute approximate surface area is 189 Å². The predicted octanol–water partition coefficient (Wildman–Crippen LogP) is 5.19. The van der Waals surface area contributed by atoms with Crippen molar-refractivity contribution in [2.75, 3.05) is 20.8 Å². The number of hydrogen-bond acceptors (Lipinski definition) is 6. The molecule has 0 fully saturated rings. The summed E-state index contributed by atoms with van der Waals surface area (Å²) in [5, 5.41) is 0.377. The fourth-order valence-electron chi connectivity index (χ4n) is 3.57. The van der Waals surface area contributed by atoms with Crippen LogP contribution in [0, 0.1) is 12.7 Å². The van der Waals surface area contributed by atoms with Crippen molar-refractivity contribution in [1.29, 1.82) is 0 Å². The number of ketones is 1. The van der Waals surface area contributed by atoms with Crippen LogP contribution in [0.4, 0.5) is 4.39 Å². The molecule has 7 heteroatoms. The lowest BCUT2D eigenvalue weighted by atomic mass is 10.0. The highest BCUT2D eigenvalue weighted by Gasteiger charge is 2.16. The van der Waals surface area contributed by atoms with Crippen LogP contribution in [-0.4, -0.2) is 26.6 Å². The van der Waals surface area contributed by atoms with Gasteiger partial charge in [-0.3, -0.25) is 9.59 Å². The highest BCUT2D eigenvalue weighted by Crippen LogP contribution is 2.33. The van der Waals surface area contributed by atoms with Crippen molar-refractivity contribution in [2.45, 2.75) is 6.92 Å². The summed E-state index contributed by atoms with van der Waals surface area (Å²) < 4.78 is 35.1. The Morgan fingerprint density at radius 3 is 2.36 bits per heavy atom. The average Bonchev–Trinajstić information content (AvgIpc) is 2.82. The van der Waals surface area contributed by atoms with Crippen LogP contribution < -0.4 is 19.6 Å². The van der Waals surface area contributed by atoms with E-state index in [-0.39, 0.29) is 17.8 Å². The Morgan fingerprint density at radius 1 is 0.939 bits per heavy atom. The molecule has 0 unspecified atom stereocenters. The Morgan fingerprint density at radius 2 is 1.67 bits per heavy atom. The molecular formula is C26H21FO6. The van der Waals surface area contributed by atoms with Crippen LogP contribution in [0.5, 0.6) is 17.2 Å². The van der Waals surface area contributed by atoms with Crippen LogP contribution in [0.1, 0.15) is 16.1 Å². The van der Waals surface area contributed by atoms with Crippen LogP contribution in [-0.2, 0) is 0 Å². The standard InChI is InChI=1S/C26H21FO6/c1-15-25(17-6-11-22(30-2)24(12-17)31-3)26(29)20-10-9-19(13-23(20)33-15)32-14-21(28)16-4-7-18(27)8-5-16/h4-13H,14H2,1-3H3. The zero-order valence-corrected chi connectivity index (χ0v) is 18.3. The van der Waals surface area contributed by atoms with E-state index in [1.807, 2.05) is 0 Å². The number of hydrogen-bond donors (Lipinski definition) is 0. The largest absolute Gasteiger partial charge is 0.493 e. The van der Waals surface area contributed by atoms with E-state index in [1.165, 1.54) is 31.4 Å². The van der Waals surface area contributed by atoms with Gasteiger partial charge in [-0.1, -0.05) is 6.07 Å². The lowest BCUT2D eigenvalue weighted by molar-refractivity contribution is 0.0921. The molecule has 0 N–H and O–H groups in total. The van der Waals surface area contributed by atoms with Gasteiger partial charge in [0.25, 0.3) is 0 Å². The molecule has 6 nitrogen and oxygen atoms in total. The van der Waals surface area contributed by atoms with Gasteiger partial charge in [0.15, 0.2) is 23.9 Å². The second kappa shape index (κ2) is 9.16. The first kappa shape index (κ1) is 22.1. The van der Waals surface area contributed by atoms with E-state index in [2.05, 4.69) is 0 Å². The maximum Gasteiger partial charge on any atom is 0.200 e. The molecule has 0 aliphatic rings. The monoisotopic (exact) mass is 448 g/mol. The fourth-order valence-corrected chi connectivity index (χ4v) is 3.57. The number of methoxy groups -OCH3 is 2. The number of Topliss-reactive ketones (excluding diaryl/α,β-unsaturated/α-hetero) is 1. The second-order valence-electron chi connectivity index (χ2n) is 7.31. The maximum atomic E-state index is 13.2. The minimum atomic E-state index is -0.417. The van der Waals surface area contributed by atoms with Crippen molar-refractivity contribution in [2.24, 2.45) is 0 Å². The fraction of sp³-hybridized carbons (Fsp3) is 0.154. The summed E-state index contributed by atoms with van der Waals surface area (Å²) in [6.45, 7) is 1.47. The van der Waals surface area contributed by atoms with E-state index in [0.717, 1.165) is 0 Å². The number of ether oxygens (including phenoxy) is 3. The third kappa shape index (κ3) is 4.43. The van der Waals surface area contributed by atoms with Crippen LogP contribution >= 0.6 is 0 Å². The third-order valence-corrected chi connectivity index (χ3v) is 5.25. The SMILES string of the molecule is COc1ccc(-c2c(C)oc3cc(OCC(=O)c4ccc(F)cc4)ccc3c2=O)cc1OC. The highest BCUT2D eigenvalue weighted by atomic mass is 19.1. The molecule has 0 saturated heterocycles. The maximum absolute atomic E-state index is 13.2. The van der Waals surface area contributed by atoms with Crippen molar-refractivity contribution in [3.8, 4) is 28.4 Å². The van der Waals surface area contributed by atoms with Gasteiger partial charge in [-0.25, -0.2) is 4.39 Å². The van der Waals surface area contributed by atoms with Gasteiger partial charge in [0, 0.05) is 11.6 Å². The molecule has 0 bridgehead atoms. The molecule has 168 valence electrons. The summed E-state index contributed by atoms with van der Waals surface area (Å²) in [6.07, 6.45) is 0. The summed E-state index contributed by atoms with van der Waals surface area (Å²) in [4.78, 5) is 25.5. The van der Waals surface area contributed by atoms with Crippen molar-refractivity contribution in [3.63, 3.8) is 0 Å². The van der Waals surface area contributed by atoms with Gasteiger partial charge >= 0.3 is 0 Å². The van der Waals surface area contributed by atoms with E-state index in [4.69, 9.17) is 18.6 Å². The number of carbonyl (C=O) groups is 1. The molecule has 1 heterocycles. The Bertz CT molecular complexity index is 1390. The number of fused-ring (bicyclic) bond motifs is 1. The number of aryl methyl sites for hydroxylation is 1. The molecular weight excluding hydrogens is 427 g/mol. The Balaban J connectivity index is 1.63. The van der Waals surface area contributed by atoms with E-state index in [9.17, 15) is 14.0 Å². The molecule has 0 aliphatic carbocycles. The van der Waals surface area contributed by atoms with Crippen molar-refractivity contribution in [1.82, 2.24) is 0 Å². The van der Waals surface area contributed by atoms with Gasteiger partial charge in [-0.2, -0.15) is 0 Å². The quantitative estimate of drug-likeness (QED) is 0.363. The van der Waals surface area contributed by atoms with Crippen LogP contribution in [0.3, 0.4) is 0 Å². The van der Waals surface area contributed by atoms with Gasteiger partial charge < -0.3 is 18.6 Å². The van der Waals surface area contributed by atoms with Gasteiger partial charge in [0.05, 0.1) is 25.2 Å². The first-order valence-corrected chi connectivity index (χ1v) is 10.1. The topological polar surface area (TPSA) is 75.0 Å².